The fraction of sp³-hybridized carbons (Fsp3) is 0.619. The molecule has 156 valence electrons. The first kappa shape index (κ1) is 19.8. The van der Waals surface area contributed by atoms with Crippen LogP contribution in [0.15, 0.2) is 22.9 Å². The normalized spacial score (nSPS) is 19.8. The van der Waals surface area contributed by atoms with Crippen LogP contribution in [0, 0.1) is 5.92 Å². The average molecular weight is 400 g/mol. The molecule has 0 aromatic carbocycles. The third kappa shape index (κ3) is 4.75. The van der Waals surface area contributed by atoms with Gasteiger partial charge in [0.25, 0.3) is 5.91 Å². The van der Waals surface area contributed by atoms with Crippen LogP contribution < -0.4 is 4.74 Å². The van der Waals surface area contributed by atoms with Gasteiger partial charge in [0.1, 0.15) is 6.04 Å². The third-order valence-electron chi connectivity index (χ3n) is 5.77. The molecule has 8 heteroatoms. The number of methoxy groups -OCH3 is 1. The van der Waals surface area contributed by atoms with Crippen molar-refractivity contribution in [2.24, 2.45) is 5.92 Å². The molecule has 2 aromatic heterocycles. The summed E-state index contributed by atoms with van der Waals surface area (Å²) >= 11 is 0. The van der Waals surface area contributed by atoms with Crippen LogP contribution in [0.5, 0.6) is 5.88 Å². The Hall–Kier alpha value is -2.48. The summed E-state index contributed by atoms with van der Waals surface area (Å²) in [4.78, 5) is 23.4. The molecular weight excluding hydrogens is 372 g/mol. The second kappa shape index (κ2) is 9.35. The molecule has 1 saturated carbocycles. The number of carbonyl (C=O) groups is 1. The minimum absolute atomic E-state index is 0.0812. The highest BCUT2D eigenvalue weighted by atomic mass is 16.5. The Labute approximate surface area is 170 Å². The van der Waals surface area contributed by atoms with E-state index < -0.39 is 0 Å². The summed E-state index contributed by atoms with van der Waals surface area (Å²) < 4.78 is 16.3. The van der Waals surface area contributed by atoms with Crippen LogP contribution in [0.4, 0.5) is 0 Å². The molecule has 2 aromatic rings. The number of pyridine rings is 1. The topological polar surface area (TPSA) is 90.6 Å². The van der Waals surface area contributed by atoms with Gasteiger partial charge in [-0.3, -0.25) is 4.79 Å². The highest BCUT2D eigenvalue weighted by Gasteiger charge is 2.34. The van der Waals surface area contributed by atoms with Crippen molar-refractivity contribution in [3.05, 3.63) is 35.6 Å². The third-order valence-corrected chi connectivity index (χ3v) is 5.77. The molecule has 3 heterocycles. The Morgan fingerprint density at radius 2 is 2.10 bits per heavy atom. The Morgan fingerprint density at radius 3 is 2.86 bits per heavy atom. The number of rotatable bonds is 8. The second-order valence-corrected chi connectivity index (χ2v) is 7.77. The zero-order chi connectivity index (χ0) is 20.1. The molecule has 0 bridgehead atoms. The van der Waals surface area contributed by atoms with Crippen molar-refractivity contribution in [3.63, 3.8) is 0 Å². The lowest BCUT2D eigenvalue weighted by Crippen LogP contribution is -2.30. The Bertz CT molecular complexity index is 801. The molecule has 0 N–H and O–H groups in total. The van der Waals surface area contributed by atoms with E-state index in [1.807, 2.05) is 0 Å². The van der Waals surface area contributed by atoms with E-state index >= 15 is 0 Å². The zero-order valence-electron chi connectivity index (χ0n) is 16.9. The first-order valence-electron chi connectivity index (χ1n) is 10.5. The molecule has 1 atom stereocenters. The van der Waals surface area contributed by atoms with E-state index in [1.165, 1.54) is 31.9 Å². The number of aromatic nitrogens is 3. The summed E-state index contributed by atoms with van der Waals surface area (Å²) in [6.45, 7) is 2.09. The lowest BCUT2D eigenvalue weighted by atomic mass is 10.1. The molecule has 1 saturated heterocycles. The Morgan fingerprint density at radius 1 is 1.24 bits per heavy atom. The summed E-state index contributed by atoms with van der Waals surface area (Å²) in [7, 11) is 1.55. The smallest absolute Gasteiger partial charge is 0.256 e. The van der Waals surface area contributed by atoms with Crippen molar-refractivity contribution < 1.29 is 18.8 Å². The lowest BCUT2D eigenvalue weighted by molar-refractivity contribution is 0.0709. The van der Waals surface area contributed by atoms with Crippen LogP contribution in [0.1, 0.15) is 66.6 Å². The largest absolute Gasteiger partial charge is 0.481 e. The van der Waals surface area contributed by atoms with E-state index in [4.69, 9.17) is 14.0 Å². The minimum atomic E-state index is -0.190. The van der Waals surface area contributed by atoms with E-state index in [0.29, 0.717) is 48.6 Å². The van der Waals surface area contributed by atoms with Gasteiger partial charge in [-0.1, -0.05) is 18.0 Å². The Kier molecular flexibility index (Phi) is 6.39. The molecular formula is C21H28N4O4. The highest BCUT2D eigenvalue weighted by molar-refractivity contribution is 5.94. The lowest BCUT2D eigenvalue weighted by Gasteiger charge is -2.21. The number of nitrogens with zero attached hydrogens (tertiary/aromatic N) is 4. The molecule has 8 nitrogen and oxygen atoms in total. The summed E-state index contributed by atoms with van der Waals surface area (Å²) in [5.74, 6) is 2.25. The molecule has 4 rings (SSSR count). The van der Waals surface area contributed by atoms with Crippen molar-refractivity contribution in [1.82, 2.24) is 20.0 Å². The van der Waals surface area contributed by atoms with Gasteiger partial charge in [-0.15, -0.1) is 0 Å². The molecule has 0 radical (unpaired) electrons. The molecule has 1 aliphatic heterocycles. The van der Waals surface area contributed by atoms with Gasteiger partial charge in [0.2, 0.25) is 11.8 Å². The van der Waals surface area contributed by atoms with Crippen LogP contribution in [0.25, 0.3) is 0 Å². The second-order valence-electron chi connectivity index (χ2n) is 7.77. The molecule has 2 aliphatic rings. The first-order chi connectivity index (χ1) is 14.2. The number of likely N-dealkylation sites (tertiary alicyclic amines) is 1. The van der Waals surface area contributed by atoms with Gasteiger partial charge in [-0.05, 0) is 37.7 Å². The molecule has 1 aliphatic carbocycles. The number of hydrogen-bond donors (Lipinski definition) is 0. The predicted molar refractivity (Wildman–Crippen MR) is 105 cm³/mol. The fourth-order valence-electron chi connectivity index (χ4n) is 4.15. The van der Waals surface area contributed by atoms with E-state index in [2.05, 4.69) is 15.1 Å². The van der Waals surface area contributed by atoms with Crippen LogP contribution in [0.2, 0.25) is 0 Å². The zero-order valence-corrected chi connectivity index (χ0v) is 16.9. The summed E-state index contributed by atoms with van der Waals surface area (Å²) in [5, 5.41) is 4.09. The van der Waals surface area contributed by atoms with Crippen LogP contribution in [-0.4, -0.2) is 52.8 Å². The maximum absolute atomic E-state index is 12.9. The number of amides is 1. The van der Waals surface area contributed by atoms with Crippen molar-refractivity contribution >= 4 is 5.91 Å². The number of hydrogen-bond acceptors (Lipinski definition) is 7. The van der Waals surface area contributed by atoms with Gasteiger partial charge in [0.05, 0.1) is 19.3 Å². The summed E-state index contributed by atoms with van der Waals surface area (Å²) in [6, 6.07) is 3.23. The molecule has 1 amide bonds. The quantitative estimate of drug-likeness (QED) is 0.629. The maximum Gasteiger partial charge on any atom is 0.256 e. The van der Waals surface area contributed by atoms with Gasteiger partial charge in [0, 0.05) is 31.8 Å². The minimum Gasteiger partial charge on any atom is -0.481 e. The summed E-state index contributed by atoms with van der Waals surface area (Å²) in [6.07, 6.45) is 9.09. The monoisotopic (exact) mass is 400 g/mol. The van der Waals surface area contributed by atoms with Crippen molar-refractivity contribution in [2.45, 2.75) is 51.0 Å². The van der Waals surface area contributed by atoms with Crippen LogP contribution >= 0.6 is 0 Å². The van der Waals surface area contributed by atoms with E-state index in [1.54, 1.807) is 24.1 Å². The number of ether oxygens (including phenoxy) is 2. The molecule has 1 unspecified atom stereocenters. The standard InChI is InChI=1S/C21H28N4O4/c1-27-19-9-8-16(13-22-19)21(26)25-11-4-7-17(25)20-23-18(24-29-20)10-12-28-14-15-5-2-3-6-15/h8-9,13,15,17H,2-7,10-12,14H2,1H3. The van der Waals surface area contributed by atoms with Gasteiger partial charge in [0.15, 0.2) is 5.82 Å². The van der Waals surface area contributed by atoms with Crippen LogP contribution in [-0.2, 0) is 11.2 Å². The SMILES string of the molecule is COc1ccc(C(=O)N2CCCC2c2nc(CCOCC3CCCC3)no2)cn1. The fourth-order valence-corrected chi connectivity index (χ4v) is 4.15. The molecule has 2 fully saturated rings. The van der Waals surface area contributed by atoms with E-state index in [-0.39, 0.29) is 11.9 Å². The van der Waals surface area contributed by atoms with Crippen molar-refractivity contribution in [1.29, 1.82) is 0 Å². The molecule has 0 spiro atoms. The van der Waals surface area contributed by atoms with E-state index in [9.17, 15) is 4.79 Å². The van der Waals surface area contributed by atoms with E-state index in [0.717, 1.165) is 19.4 Å². The first-order valence-corrected chi connectivity index (χ1v) is 10.5. The highest BCUT2D eigenvalue weighted by Crippen LogP contribution is 2.32. The molecule has 29 heavy (non-hydrogen) atoms. The van der Waals surface area contributed by atoms with Crippen molar-refractivity contribution in [2.75, 3.05) is 26.9 Å². The Balaban J connectivity index is 1.32. The van der Waals surface area contributed by atoms with Crippen LogP contribution in [0.3, 0.4) is 0 Å². The maximum atomic E-state index is 12.9. The van der Waals surface area contributed by atoms with Crippen molar-refractivity contribution in [3.8, 4) is 5.88 Å². The van der Waals surface area contributed by atoms with Gasteiger partial charge >= 0.3 is 0 Å². The van der Waals surface area contributed by atoms with Gasteiger partial charge in [-0.2, -0.15) is 4.98 Å². The number of carbonyl (C=O) groups excluding carboxylic acids is 1. The van der Waals surface area contributed by atoms with Gasteiger partial charge in [-0.25, -0.2) is 4.98 Å². The predicted octanol–water partition coefficient (Wildman–Crippen LogP) is 3.20. The van der Waals surface area contributed by atoms with Gasteiger partial charge < -0.3 is 18.9 Å². The average Bonchev–Trinajstić information content (AvgIpc) is 3.52. The summed E-state index contributed by atoms with van der Waals surface area (Å²) in [5.41, 5.74) is 0.526.